The second-order valence-corrected chi connectivity index (χ2v) is 5.36. The van der Waals surface area contributed by atoms with Crippen LogP contribution >= 0.6 is 15.9 Å². The highest BCUT2D eigenvalue weighted by atomic mass is 79.9. The van der Waals surface area contributed by atoms with Gasteiger partial charge in [0.15, 0.2) is 11.6 Å². The van der Waals surface area contributed by atoms with Gasteiger partial charge in [-0.3, -0.25) is 0 Å². The average molecular weight is 320 g/mol. The smallest absolute Gasteiger partial charge is 0.173 e. The van der Waals surface area contributed by atoms with Gasteiger partial charge in [0.2, 0.25) is 0 Å². The van der Waals surface area contributed by atoms with Gasteiger partial charge in [-0.05, 0) is 46.4 Å². The zero-order valence-electron chi connectivity index (χ0n) is 11.1. The summed E-state index contributed by atoms with van der Waals surface area (Å²) in [6, 6.07) is 2.89. The van der Waals surface area contributed by atoms with Crippen LogP contribution < -0.4 is 5.32 Å². The molecule has 0 saturated heterocycles. The van der Waals surface area contributed by atoms with Crippen LogP contribution in [0.3, 0.4) is 0 Å². The van der Waals surface area contributed by atoms with Gasteiger partial charge in [0.1, 0.15) is 0 Å². The molecule has 2 unspecified atom stereocenters. The minimum absolute atomic E-state index is 0.0411. The number of rotatable bonds is 6. The van der Waals surface area contributed by atoms with Crippen LogP contribution in [-0.2, 0) is 0 Å². The van der Waals surface area contributed by atoms with Crippen molar-refractivity contribution < 1.29 is 8.78 Å². The van der Waals surface area contributed by atoms with Gasteiger partial charge in [-0.25, -0.2) is 8.78 Å². The van der Waals surface area contributed by atoms with E-state index in [1.165, 1.54) is 6.07 Å². The molecule has 0 bridgehead atoms. The van der Waals surface area contributed by atoms with Gasteiger partial charge in [-0.15, -0.1) is 0 Å². The second kappa shape index (κ2) is 7.19. The summed E-state index contributed by atoms with van der Waals surface area (Å²) in [5, 5.41) is 3.35. The molecule has 1 nitrogen and oxygen atoms in total. The molecule has 0 radical (unpaired) electrons. The molecule has 0 aromatic heterocycles. The third-order valence-electron chi connectivity index (χ3n) is 3.14. The predicted molar refractivity (Wildman–Crippen MR) is 74.5 cm³/mol. The fourth-order valence-electron chi connectivity index (χ4n) is 2.24. The summed E-state index contributed by atoms with van der Waals surface area (Å²) in [5.74, 6) is -1.25. The summed E-state index contributed by atoms with van der Waals surface area (Å²) in [6.45, 7) is 7.06. The van der Waals surface area contributed by atoms with E-state index in [1.54, 1.807) is 6.07 Å². The van der Waals surface area contributed by atoms with Crippen LogP contribution in [0.4, 0.5) is 8.78 Å². The number of halogens is 3. The molecule has 1 aromatic rings. The van der Waals surface area contributed by atoms with Gasteiger partial charge in [0.05, 0.1) is 4.47 Å². The van der Waals surface area contributed by atoms with Crippen molar-refractivity contribution in [2.45, 2.75) is 39.7 Å². The van der Waals surface area contributed by atoms with E-state index in [-0.39, 0.29) is 10.5 Å². The van der Waals surface area contributed by atoms with E-state index in [9.17, 15) is 8.78 Å². The molecule has 0 fully saturated rings. The Balaban J connectivity index is 3.09. The molecule has 0 saturated carbocycles. The summed E-state index contributed by atoms with van der Waals surface area (Å²) >= 11 is 3.17. The Morgan fingerprint density at radius 2 is 1.94 bits per heavy atom. The lowest BCUT2D eigenvalue weighted by molar-refractivity contribution is 0.365. The van der Waals surface area contributed by atoms with Crippen molar-refractivity contribution in [2.75, 3.05) is 6.54 Å². The molecule has 4 heteroatoms. The molecule has 2 atom stereocenters. The monoisotopic (exact) mass is 319 g/mol. The normalized spacial score (nSPS) is 14.6. The molecule has 0 aliphatic heterocycles. The second-order valence-electron chi connectivity index (χ2n) is 4.57. The highest BCUT2D eigenvalue weighted by molar-refractivity contribution is 9.10. The van der Waals surface area contributed by atoms with Crippen molar-refractivity contribution in [2.24, 2.45) is 5.92 Å². The molecule has 0 heterocycles. The molecule has 1 rings (SSSR count). The standard InChI is InChI=1S/C14H20BrF2N/c1-4-6-9(3)14(18-5-2)10-7-8-11(16)13(17)12(10)15/h7-9,14,18H,4-6H2,1-3H3. The van der Waals surface area contributed by atoms with E-state index in [0.29, 0.717) is 5.92 Å². The first-order chi connectivity index (χ1) is 8.52. The lowest BCUT2D eigenvalue weighted by atomic mass is 9.91. The van der Waals surface area contributed by atoms with Gasteiger partial charge in [0, 0.05) is 6.04 Å². The Bertz CT molecular complexity index is 396. The molecule has 0 spiro atoms. The molecule has 0 amide bonds. The van der Waals surface area contributed by atoms with E-state index >= 15 is 0 Å². The number of hydrogen-bond acceptors (Lipinski definition) is 1. The maximum Gasteiger partial charge on any atom is 0.173 e. The van der Waals surface area contributed by atoms with E-state index in [1.807, 2.05) is 6.92 Å². The van der Waals surface area contributed by atoms with E-state index in [2.05, 4.69) is 35.1 Å². The maximum atomic E-state index is 13.6. The summed E-state index contributed by atoms with van der Waals surface area (Å²) in [7, 11) is 0. The van der Waals surface area contributed by atoms with Gasteiger partial charge in [-0.2, -0.15) is 0 Å². The molecule has 0 aliphatic rings. The van der Waals surface area contributed by atoms with Crippen molar-refractivity contribution in [1.82, 2.24) is 5.32 Å². The molecule has 1 aromatic carbocycles. The first kappa shape index (κ1) is 15.6. The van der Waals surface area contributed by atoms with Crippen LogP contribution in [0.25, 0.3) is 0 Å². The summed E-state index contributed by atoms with van der Waals surface area (Å²) in [4.78, 5) is 0. The van der Waals surface area contributed by atoms with Gasteiger partial charge >= 0.3 is 0 Å². The first-order valence-corrected chi connectivity index (χ1v) is 7.18. The highest BCUT2D eigenvalue weighted by Crippen LogP contribution is 2.33. The number of benzene rings is 1. The van der Waals surface area contributed by atoms with Crippen LogP contribution in [0.2, 0.25) is 0 Å². The quantitative estimate of drug-likeness (QED) is 0.742. The Labute approximate surface area is 116 Å². The lowest BCUT2D eigenvalue weighted by Gasteiger charge is -2.26. The maximum absolute atomic E-state index is 13.6. The minimum atomic E-state index is -0.816. The third kappa shape index (κ3) is 3.51. The number of hydrogen-bond donors (Lipinski definition) is 1. The van der Waals surface area contributed by atoms with Gasteiger partial charge in [-0.1, -0.05) is 33.3 Å². The van der Waals surface area contributed by atoms with Crippen molar-refractivity contribution in [3.05, 3.63) is 33.8 Å². The third-order valence-corrected chi connectivity index (χ3v) is 3.94. The van der Waals surface area contributed by atoms with Crippen molar-refractivity contribution in [3.63, 3.8) is 0 Å². The summed E-state index contributed by atoms with van der Waals surface area (Å²) < 4.78 is 27.0. The molecule has 18 heavy (non-hydrogen) atoms. The van der Waals surface area contributed by atoms with E-state index in [4.69, 9.17) is 0 Å². The minimum Gasteiger partial charge on any atom is -0.310 e. The molecule has 102 valence electrons. The molecular weight excluding hydrogens is 300 g/mol. The van der Waals surface area contributed by atoms with Gasteiger partial charge < -0.3 is 5.32 Å². The van der Waals surface area contributed by atoms with Crippen LogP contribution in [0, 0.1) is 17.6 Å². The number of nitrogens with one attached hydrogen (secondary N) is 1. The van der Waals surface area contributed by atoms with Gasteiger partial charge in [0.25, 0.3) is 0 Å². The largest absolute Gasteiger partial charge is 0.310 e. The van der Waals surface area contributed by atoms with E-state index < -0.39 is 11.6 Å². The molecular formula is C14H20BrF2N. The van der Waals surface area contributed by atoms with Crippen LogP contribution in [0.15, 0.2) is 16.6 Å². The first-order valence-electron chi connectivity index (χ1n) is 6.39. The van der Waals surface area contributed by atoms with Crippen molar-refractivity contribution >= 4 is 15.9 Å². The highest BCUT2D eigenvalue weighted by Gasteiger charge is 2.22. The summed E-state index contributed by atoms with van der Waals surface area (Å²) in [6.07, 6.45) is 2.12. The van der Waals surface area contributed by atoms with Crippen LogP contribution in [0.1, 0.15) is 45.2 Å². The van der Waals surface area contributed by atoms with Crippen LogP contribution in [-0.4, -0.2) is 6.54 Å². The fraction of sp³-hybridized carbons (Fsp3) is 0.571. The molecule has 0 aliphatic carbocycles. The van der Waals surface area contributed by atoms with E-state index in [0.717, 1.165) is 24.9 Å². The van der Waals surface area contributed by atoms with Crippen molar-refractivity contribution in [3.8, 4) is 0 Å². The van der Waals surface area contributed by atoms with Crippen LogP contribution in [0.5, 0.6) is 0 Å². The topological polar surface area (TPSA) is 12.0 Å². The average Bonchev–Trinajstić information content (AvgIpc) is 2.34. The zero-order valence-corrected chi connectivity index (χ0v) is 12.7. The fourth-order valence-corrected chi connectivity index (χ4v) is 2.81. The zero-order chi connectivity index (χ0) is 13.7. The predicted octanol–water partition coefficient (Wildman–Crippen LogP) is 4.81. The Hall–Kier alpha value is -0.480. The Morgan fingerprint density at radius 3 is 2.50 bits per heavy atom. The Kier molecular flexibility index (Phi) is 6.22. The lowest BCUT2D eigenvalue weighted by Crippen LogP contribution is -2.27. The van der Waals surface area contributed by atoms with Crippen molar-refractivity contribution in [1.29, 1.82) is 0 Å². The molecule has 1 N–H and O–H groups in total. The Morgan fingerprint density at radius 1 is 1.28 bits per heavy atom. The SMILES string of the molecule is CCCC(C)C(NCC)c1ccc(F)c(F)c1Br. The summed E-state index contributed by atoms with van der Waals surface area (Å²) in [5.41, 5.74) is 0.789.